The number of thiazole rings is 1. The number of carbonyl (C=O) groups excluding carboxylic acids is 2. The Labute approximate surface area is 192 Å². The number of ketones is 1. The molecule has 8 heteroatoms. The monoisotopic (exact) mass is 454 g/mol. The SMILES string of the molecule is CCCC[C@H](O)[C@@H](CC1CC1)C(=O)C1(N)N=C(c2nccs2)c2ccccc2N(C)C1=O. The highest BCUT2D eigenvalue weighted by molar-refractivity contribution is 7.12. The summed E-state index contributed by atoms with van der Waals surface area (Å²) in [7, 11) is 1.61. The average molecular weight is 455 g/mol. The number of carbonyl (C=O) groups is 2. The summed E-state index contributed by atoms with van der Waals surface area (Å²) in [6, 6.07) is 7.35. The molecule has 1 aliphatic carbocycles. The number of aromatic nitrogens is 1. The third kappa shape index (κ3) is 4.27. The van der Waals surface area contributed by atoms with Crippen molar-refractivity contribution in [1.82, 2.24) is 4.98 Å². The van der Waals surface area contributed by atoms with Gasteiger partial charge in [0, 0.05) is 30.1 Å². The zero-order valence-electron chi connectivity index (χ0n) is 18.5. The number of anilines is 1. The first-order valence-electron chi connectivity index (χ1n) is 11.2. The van der Waals surface area contributed by atoms with Gasteiger partial charge in [-0.05, 0) is 24.8 Å². The Hall–Kier alpha value is -2.42. The van der Waals surface area contributed by atoms with Crippen LogP contribution < -0.4 is 10.6 Å². The van der Waals surface area contributed by atoms with Crippen LogP contribution in [0.1, 0.15) is 56.0 Å². The molecule has 2 heterocycles. The number of fused-ring (bicyclic) bond motifs is 1. The van der Waals surface area contributed by atoms with Crippen LogP contribution in [0.2, 0.25) is 0 Å². The van der Waals surface area contributed by atoms with Gasteiger partial charge in [-0.25, -0.2) is 9.98 Å². The number of Topliss-reactive ketones (excluding diaryl/α,β-unsaturated/α-hetero) is 1. The molecule has 1 fully saturated rings. The van der Waals surface area contributed by atoms with Gasteiger partial charge in [-0.15, -0.1) is 11.3 Å². The zero-order chi connectivity index (χ0) is 22.9. The van der Waals surface area contributed by atoms with Crippen LogP contribution in [0.25, 0.3) is 0 Å². The molecule has 3 N–H and O–H groups in total. The topological polar surface area (TPSA) is 109 Å². The van der Waals surface area contributed by atoms with Gasteiger partial charge in [0.25, 0.3) is 5.91 Å². The van der Waals surface area contributed by atoms with Gasteiger partial charge in [0.2, 0.25) is 5.66 Å². The summed E-state index contributed by atoms with van der Waals surface area (Å²) in [5.41, 5.74) is 6.24. The summed E-state index contributed by atoms with van der Waals surface area (Å²) >= 11 is 1.38. The highest BCUT2D eigenvalue weighted by Gasteiger charge is 2.51. The van der Waals surface area contributed by atoms with Crippen molar-refractivity contribution in [3.63, 3.8) is 0 Å². The lowest BCUT2D eigenvalue weighted by Gasteiger charge is -2.31. The Morgan fingerprint density at radius 3 is 2.78 bits per heavy atom. The fraction of sp³-hybridized carbons (Fsp3) is 0.500. The Kier molecular flexibility index (Phi) is 6.55. The van der Waals surface area contributed by atoms with E-state index in [-0.39, 0.29) is 0 Å². The normalized spacial score (nSPS) is 22.7. The van der Waals surface area contributed by atoms with Crippen molar-refractivity contribution in [3.05, 3.63) is 46.4 Å². The Balaban J connectivity index is 1.80. The molecule has 1 unspecified atom stereocenters. The van der Waals surface area contributed by atoms with E-state index in [1.807, 2.05) is 36.6 Å². The van der Waals surface area contributed by atoms with Crippen LogP contribution in [0, 0.1) is 11.8 Å². The fourth-order valence-electron chi connectivity index (χ4n) is 4.33. The van der Waals surface area contributed by atoms with Crippen LogP contribution in [-0.4, -0.2) is 46.3 Å². The molecular weight excluding hydrogens is 424 g/mol. The van der Waals surface area contributed by atoms with Gasteiger partial charge in [0.05, 0.1) is 11.8 Å². The molecule has 2 aromatic rings. The standard InChI is InChI=1S/C24H30N4O3S/c1-3-4-9-19(29)17(14-15-10-11-15)21(30)24(25)23(31)28(2)18-8-6-5-7-16(18)20(27-24)22-26-12-13-32-22/h5-8,12-13,15,17,19,29H,3-4,9-11,14,25H2,1-2H3/t17-,19+,24?/m1/s1. The van der Waals surface area contributed by atoms with Gasteiger partial charge in [-0.1, -0.05) is 50.8 Å². The van der Waals surface area contributed by atoms with Crippen molar-refractivity contribution in [3.8, 4) is 0 Å². The summed E-state index contributed by atoms with van der Waals surface area (Å²) in [6.07, 6.45) is 5.65. The van der Waals surface area contributed by atoms with E-state index in [1.165, 1.54) is 16.2 Å². The molecule has 1 aliphatic heterocycles. The number of rotatable bonds is 9. The van der Waals surface area contributed by atoms with Crippen LogP contribution in [0.15, 0.2) is 40.8 Å². The van der Waals surface area contributed by atoms with Crippen molar-refractivity contribution >= 4 is 34.4 Å². The number of nitrogens with zero attached hydrogens (tertiary/aromatic N) is 3. The Bertz CT molecular complexity index is 1020. The first-order valence-corrected chi connectivity index (χ1v) is 12.1. The van der Waals surface area contributed by atoms with Crippen molar-refractivity contribution in [2.45, 2.75) is 57.2 Å². The van der Waals surface area contributed by atoms with E-state index in [0.717, 1.165) is 25.7 Å². The second kappa shape index (κ2) is 9.21. The first kappa shape index (κ1) is 22.8. The maximum absolute atomic E-state index is 13.9. The van der Waals surface area contributed by atoms with E-state index in [1.54, 1.807) is 13.2 Å². The molecule has 1 aromatic carbocycles. The van der Waals surface area contributed by atoms with Crippen LogP contribution in [0.3, 0.4) is 0 Å². The third-order valence-electron chi connectivity index (χ3n) is 6.39. The summed E-state index contributed by atoms with van der Waals surface area (Å²) < 4.78 is 0. The summed E-state index contributed by atoms with van der Waals surface area (Å²) in [5, 5.41) is 13.3. The number of benzene rings is 1. The summed E-state index contributed by atoms with van der Waals surface area (Å²) in [6.45, 7) is 2.04. The zero-order valence-corrected chi connectivity index (χ0v) is 19.3. The molecule has 32 heavy (non-hydrogen) atoms. The van der Waals surface area contributed by atoms with Crippen LogP contribution in [-0.2, 0) is 9.59 Å². The summed E-state index contributed by atoms with van der Waals surface area (Å²) in [4.78, 5) is 37.9. The molecule has 170 valence electrons. The largest absolute Gasteiger partial charge is 0.392 e. The lowest BCUT2D eigenvalue weighted by Crippen LogP contribution is -2.61. The molecular formula is C24H30N4O3S. The van der Waals surface area contributed by atoms with E-state index < -0.39 is 29.4 Å². The molecule has 0 bridgehead atoms. The van der Waals surface area contributed by atoms with E-state index in [2.05, 4.69) is 9.98 Å². The number of amides is 1. The van der Waals surface area contributed by atoms with Gasteiger partial charge in [0.15, 0.2) is 5.78 Å². The van der Waals surface area contributed by atoms with Gasteiger partial charge >= 0.3 is 0 Å². The molecule has 1 saturated carbocycles. The fourth-order valence-corrected chi connectivity index (χ4v) is 4.97. The maximum atomic E-state index is 13.9. The smallest absolute Gasteiger partial charge is 0.277 e. The summed E-state index contributed by atoms with van der Waals surface area (Å²) in [5.74, 6) is -1.43. The molecule has 1 aromatic heterocycles. The number of unbranched alkanes of at least 4 members (excludes halogenated alkanes) is 1. The second-order valence-corrected chi connectivity index (χ2v) is 9.70. The second-order valence-electron chi connectivity index (χ2n) is 8.80. The van der Waals surface area contributed by atoms with E-state index >= 15 is 0 Å². The number of nitrogens with two attached hydrogens (primary N) is 1. The number of aliphatic hydroxyl groups is 1. The number of hydrogen-bond acceptors (Lipinski definition) is 7. The molecule has 0 spiro atoms. The van der Waals surface area contributed by atoms with Gasteiger partial charge in [0.1, 0.15) is 10.7 Å². The Morgan fingerprint density at radius 1 is 1.38 bits per heavy atom. The highest BCUT2D eigenvalue weighted by atomic mass is 32.1. The van der Waals surface area contributed by atoms with Gasteiger partial charge in [-0.3, -0.25) is 15.3 Å². The van der Waals surface area contributed by atoms with Crippen molar-refractivity contribution in [1.29, 1.82) is 0 Å². The number of likely N-dealkylation sites (N-methyl/N-ethyl adjacent to an activating group) is 1. The first-order chi connectivity index (χ1) is 15.4. The van der Waals surface area contributed by atoms with Gasteiger partial charge < -0.3 is 10.0 Å². The quantitative estimate of drug-likeness (QED) is 0.566. The molecule has 4 rings (SSSR count). The predicted molar refractivity (Wildman–Crippen MR) is 126 cm³/mol. The third-order valence-corrected chi connectivity index (χ3v) is 7.17. The van der Waals surface area contributed by atoms with Crippen molar-refractivity contribution in [2.75, 3.05) is 11.9 Å². The number of benzodiazepines with no additional fused rings is 1. The molecule has 2 aliphatic rings. The molecule has 7 nitrogen and oxygen atoms in total. The average Bonchev–Trinajstić information content (AvgIpc) is 3.48. The van der Waals surface area contributed by atoms with Crippen LogP contribution in [0.4, 0.5) is 5.69 Å². The lowest BCUT2D eigenvalue weighted by molar-refractivity contribution is -0.139. The molecule has 0 radical (unpaired) electrons. The minimum atomic E-state index is -2.12. The van der Waals surface area contributed by atoms with Gasteiger partial charge in [-0.2, -0.15) is 0 Å². The highest BCUT2D eigenvalue weighted by Crippen LogP contribution is 2.39. The number of hydrogen-bond donors (Lipinski definition) is 2. The lowest BCUT2D eigenvalue weighted by atomic mass is 9.83. The van der Waals surface area contributed by atoms with E-state index in [0.29, 0.717) is 40.7 Å². The molecule has 0 saturated heterocycles. The molecule has 1 amide bonds. The number of aliphatic imine (C=N–C) groups is 1. The maximum Gasteiger partial charge on any atom is 0.277 e. The minimum Gasteiger partial charge on any atom is -0.392 e. The van der Waals surface area contributed by atoms with Crippen molar-refractivity contribution in [2.24, 2.45) is 22.6 Å². The van der Waals surface area contributed by atoms with Crippen LogP contribution >= 0.6 is 11.3 Å². The number of para-hydroxylation sites is 1. The molecule has 3 atom stereocenters. The Morgan fingerprint density at radius 2 is 2.12 bits per heavy atom. The predicted octanol–water partition coefficient (Wildman–Crippen LogP) is 3.15. The van der Waals surface area contributed by atoms with E-state index in [4.69, 9.17) is 5.73 Å². The minimum absolute atomic E-state index is 0.391. The van der Waals surface area contributed by atoms with E-state index in [9.17, 15) is 14.7 Å². The number of aliphatic hydroxyl groups excluding tert-OH is 1. The van der Waals surface area contributed by atoms with Crippen molar-refractivity contribution < 1.29 is 14.7 Å². The van der Waals surface area contributed by atoms with Crippen LogP contribution in [0.5, 0.6) is 0 Å².